The number of hydrogen-bond donors (Lipinski definition) is 1. The van der Waals surface area contributed by atoms with E-state index >= 15 is 0 Å². The highest BCUT2D eigenvalue weighted by Gasteiger charge is 2.23. The van der Waals surface area contributed by atoms with E-state index in [4.69, 9.17) is 5.11 Å². The number of aromatic nitrogens is 2. The van der Waals surface area contributed by atoms with Crippen molar-refractivity contribution < 1.29 is 9.90 Å². The number of rotatable bonds is 2. The van der Waals surface area contributed by atoms with Crippen molar-refractivity contribution in [3.63, 3.8) is 0 Å². The van der Waals surface area contributed by atoms with E-state index in [-0.39, 0.29) is 17.2 Å². The topological polar surface area (TPSA) is 72.2 Å². The fourth-order valence-electron chi connectivity index (χ4n) is 2.41. The summed E-state index contributed by atoms with van der Waals surface area (Å²) in [7, 11) is 1.52. The van der Waals surface area contributed by atoms with Crippen LogP contribution in [-0.2, 0) is 7.05 Å². The molecule has 1 fully saturated rings. The van der Waals surface area contributed by atoms with Gasteiger partial charge in [0.25, 0.3) is 0 Å². The third kappa shape index (κ3) is 2.38. The van der Waals surface area contributed by atoms with Crippen molar-refractivity contribution in [1.82, 2.24) is 9.55 Å². The van der Waals surface area contributed by atoms with Crippen molar-refractivity contribution in [2.45, 2.75) is 38.0 Å². The summed E-state index contributed by atoms with van der Waals surface area (Å²) in [6.45, 7) is 0. The molecule has 92 valence electrons. The third-order valence-electron chi connectivity index (χ3n) is 3.34. The maximum Gasteiger partial charge on any atom is 0.347 e. The second kappa shape index (κ2) is 4.69. The number of nitrogens with zero attached hydrogens (tertiary/aromatic N) is 2. The lowest BCUT2D eigenvalue weighted by atomic mass is 9.85. The van der Waals surface area contributed by atoms with Crippen molar-refractivity contribution in [2.24, 2.45) is 7.05 Å². The zero-order valence-corrected chi connectivity index (χ0v) is 9.85. The quantitative estimate of drug-likeness (QED) is 0.845. The smallest absolute Gasteiger partial charge is 0.347 e. The lowest BCUT2D eigenvalue weighted by Gasteiger charge is -2.22. The fourth-order valence-corrected chi connectivity index (χ4v) is 2.41. The summed E-state index contributed by atoms with van der Waals surface area (Å²) in [5.41, 5.74) is 0.259. The van der Waals surface area contributed by atoms with Crippen LogP contribution in [0.5, 0.6) is 0 Å². The number of carboxylic acid groups (broad SMARTS) is 1. The normalized spacial score (nSPS) is 17.0. The monoisotopic (exact) mass is 236 g/mol. The molecule has 0 aromatic carbocycles. The molecule has 0 saturated heterocycles. The first-order valence-corrected chi connectivity index (χ1v) is 5.90. The van der Waals surface area contributed by atoms with Crippen LogP contribution >= 0.6 is 0 Å². The van der Waals surface area contributed by atoms with Crippen LogP contribution in [0, 0.1) is 0 Å². The van der Waals surface area contributed by atoms with Gasteiger partial charge in [0, 0.05) is 19.2 Å². The van der Waals surface area contributed by atoms with E-state index < -0.39 is 5.97 Å². The van der Waals surface area contributed by atoms with Crippen LogP contribution in [0.25, 0.3) is 0 Å². The van der Waals surface area contributed by atoms with Crippen LogP contribution in [0.1, 0.15) is 54.1 Å². The van der Waals surface area contributed by atoms with Gasteiger partial charge in [0.05, 0.1) is 11.3 Å². The number of carboxylic acids is 1. The summed E-state index contributed by atoms with van der Waals surface area (Å²) in [4.78, 5) is 26.6. The van der Waals surface area contributed by atoms with Gasteiger partial charge < -0.3 is 9.67 Å². The summed E-state index contributed by atoms with van der Waals surface area (Å²) in [5.74, 6) is -0.877. The largest absolute Gasteiger partial charge is 0.478 e. The van der Waals surface area contributed by atoms with Crippen molar-refractivity contribution in [3.8, 4) is 0 Å². The SMILES string of the molecule is Cn1cc(C(=O)O)c(C2CCCCC2)nc1=O. The van der Waals surface area contributed by atoms with Crippen molar-refractivity contribution in [3.05, 3.63) is 27.9 Å². The Labute approximate surface area is 99.1 Å². The molecule has 5 nitrogen and oxygen atoms in total. The molecule has 0 unspecified atom stereocenters. The maximum absolute atomic E-state index is 11.5. The average molecular weight is 236 g/mol. The Balaban J connectivity index is 2.46. The number of hydrogen-bond acceptors (Lipinski definition) is 3. The van der Waals surface area contributed by atoms with Gasteiger partial charge in [-0.3, -0.25) is 0 Å². The van der Waals surface area contributed by atoms with E-state index in [1.807, 2.05) is 0 Å². The molecule has 0 spiro atoms. The molecule has 0 radical (unpaired) electrons. The second-order valence-electron chi connectivity index (χ2n) is 4.57. The minimum atomic E-state index is -1.01. The van der Waals surface area contributed by atoms with E-state index in [1.54, 1.807) is 0 Å². The summed E-state index contributed by atoms with van der Waals surface area (Å²) in [5, 5.41) is 9.16. The first kappa shape index (κ1) is 11.8. The van der Waals surface area contributed by atoms with Gasteiger partial charge >= 0.3 is 11.7 Å². The van der Waals surface area contributed by atoms with E-state index in [9.17, 15) is 9.59 Å². The van der Waals surface area contributed by atoms with Crippen LogP contribution in [0.2, 0.25) is 0 Å². The summed E-state index contributed by atoms with van der Waals surface area (Å²) >= 11 is 0. The summed E-state index contributed by atoms with van der Waals surface area (Å²) in [6, 6.07) is 0. The Hall–Kier alpha value is -1.65. The lowest BCUT2D eigenvalue weighted by molar-refractivity contribution is 0.0693. The van der Waals surface area contributed by atoms with Gasteiger partial charge in [0.15, 0.2) is 0 Å². The summed E-state index contributed by atoms with van der Waals surface area (Å²) in [6.07, 6.45) is 6.59. The molecule has 0 atom stereocenters. The van der Waals surface area contributed by atoms with E-state index in [0.717, 1.165) is 25.7 Å². The van der Waals surface area contributed by atoms with Crippen LogP contribution in [0.3, 0.4) is 0 Å². The maximum atomic E-state index is 11.5. The number of aryl methyl sites for hydroxylation is 1. The van der Waals surface area contributed by atoms with Crippen molar-refractivity contribution in [2.75, 3.05) is 0 Å². The van der Waals surface area contributed by atoms with Gasteiger partial charge in [-0.2, -0.15) is 4.98 Å². The first-order chi connectivity index (χ1) is 8.09. The van der Waals surface area contributed by atoms with Gasteiger partial charge in [-0.15, -0.1) is 0 Å². The highest BCUT2D eigenvalue weighted by atomic mass is 16.4. The Morgan fingerprint density at radius 2 is 2.06 bits per heavy atom. The van der Waals surface area contributed by atoms with Gasteiger partial charge in [-0.05, 0) is 12.8 Å². The Bertz CT molecular complexity index is 487. The number of carbonyl (C=O) groups is 1. The van der Waals surface area contributed by atoms with Crippen molar-refractivity contribution in [1.29, 1.82) is 0 Å². The number of aromatic carboxylic acids is 1. The molecule has 0 amide bonds. The van der Waals surface area contributed by atoms with Crippen molar-refractivity contribution >= 4 is 5.97 Å². The standard InChI is InChI=1S/C12H16N2O3/c1-14-7-9(11(15)16)10(13-12(14)17)8-5-3-2-4-6-8/h7-8H,2-6H2,1H3,(H,15,16). The highest BCUT2D eigenvalue weighted by molar-refractivity contribution is 5.88. The molecule has 1 heterocycles. The molecular weight excluding hydrogens is 220 g/mol. The molecule has 1 aromatic rings. The van der Waals surface area contributed by atoms with Gasteiger partial charge in [-0.25, -0.2) is 9.59 Å². The Kier molecular flexibility index (Phi) is 3.26. The second-order valence-corrected chi connectivity index (χ2v) is 4.57. The van der Waals surface area contributed by atoms with E-state index in [0.29, 0.717) is 5.69 Å². The molecule has 17 heavy (non-hydrogen) atoms. The molecule has 1 saturated carbocycles. The molecule has 1 aliphatic carbocycles. The van der Waals surface area contributed by atoms with E-state index in [1.165, 1.54) is 24.2 Å². The minimum absolute atomic E-state index is 0.128. The molecule has 5 heteroatoms. The van der Waals surface area contributed by atoms with Gasteiger partial charge in [-0.1, -0.05) is 19.3 Å². The summed E-state index contributed by atoms with van der Waals surface area (Å²) < 4.78 is 1.22. The molecule has 0 bridgehead atoms. The molecule has 0 aliphatic heterocycles. The molecule has 1 aliphatic rings. The van der Waals surface area contributed by atoms with Gasteiger partial charge in [0.2, 0.25) is 0 Å². The first-order valence-electron chi connectivity index (χ1n) is 5.90. The zero-order valence-electron chi connectivity index (χ0n) is 9.85. The molecule has 1 aromatic heterocycles. The Morgan fingerprint density at radius 3 is 2.65 bits per heavy atom. The van der Waals surface area contributed by atoms with E-state index in [2.05, 4.69) is 4.98 Å². The third-order valence-corrected chi connectivity index (χ3v) is 3.34. The predicted octanol–water partition coefficient (Wildman–Crippen LogP) is 1.53. The van der Waals surface area contributed by atoms with Crippen LogP contribution in [-0.4, -0.2) is 20.6 Å². The van der Waals surface area contributed by atoms with Gasteiger partial charge in [0.1, 0.15) is 0 Å². The Morgan fingerprint density at radius 1 is 1.41 bits per heavy atom. The molecule has 2 rings (SSSR count). The van der Waals surface area contributed by atoms with Crippen LogP contribution in [0.15, 0.2) is 11.0 Å². The minimum Gasteiger partial charge on any atom is -0.478 e. The predicted molar refractivity (Wildman–Crippen MR) is 62.3 cm³/mol. The fraction of sp³-hybridized carbons (Fsp3) is 0.583. The zero-order chi connectivity index (χ0) is 12.4. The highest BCUT2D eigenvalue weighted by Crippen LogP contribution is 2.32. The molecular formula is C12H16N2O3. The molecule has 1 N–H and O–H groups in total. The van der Waals surface area contributed by atoms with Crippen LogP contribution < -0.4 is 5.69 Å². The van der Waals surface area contributed by atoms with Crippen LogP contribution in [0.4, 0.5) is 0 Å². The lowest BCUT2D eigenvalue weighted by Crippen LogP contribution is -2.26. The average Bonchev–Trinajstić information content (AvgIpc) is 2.33.